The van der Waals surface area contributed by atoms with Crippen molar-refractivity contribution in [1.82, 2.24) is 0 Å². The maximum Gasteiger partial charge on any atom is 0.0298 e. The van der Waals surface area contributed by atoms with Crippen LogP contribution in [0.25, 0.3) is 0 Å². The van der Waals surface area contributed by atoms with Gasteiger partial charge in [-0.1, -0.05) is 38.5 Å². The van der Waals surface area contributed by atoms with E-state index in [2.05, 4.69) is 48.1 Å². The molecular weight excluding hydrogens is 196 g/mol. The van der Waals surface area contributed by atoms with Gasteiger partial charge in [0.15, 0.2) is 0 Å². The van der Waals surface area contributed by atoms with Gasteiger partial charge in [-0.25, -0.2) is 4.99 Å². The molecule has 0 radical (unpaired) electrons. The molecule has 0 aromatic heterocycles. The Morgan fingerprint density at radius 1 is 1.38 bits per heavy atom. The summed E-state index contributed by atoms with van der Waals surface area (Å²) < 4.78 is 0. The lowest BCUT2D eigenvalue weighted by Crippen LogP contribution is -2.12. The van der Waals surface area contributed by atoms with Gasteiger partial charge in [-0.3, -0.25) is 4.99 Å². The van der Waals surface area contributed by atoms with Gasteiger partial charge in [-0.15, -0.1) is 0 Å². The molecule has 0 aliphatic rings. The van der Waals surface area contributed by atoms with Crippen molar-refractivity contribution in [2.24, 2.45) is 15.4 Å². The lowest BCUT2D eigenvalue weighted by atomic mass is 9.88. The molecule has 0 aromatic carbocycles. The number of nitrogens with zero attached hydrogens (tertiary/aromatic N) is 2. The van der Waals surface area contributed by atoms with E-state index < -0.39 is 0 Å². The van der Waals surface area contributed by atoms with Crippen molar-refractivity contribution >= 4 is 12.4 Å². The summed E-state index contributed by atoms with van der Waals surface area (Å²) in [6.45, 7) is 4.23. The van der Waals surface area contributed by atoms with Crippen LogP contribution in [0.2, 0.25) is 0 Å². The molecule has 0 spiro atoms. The number of terminal acetylenes is 1. The summed E-state index contributed by atoms with van der Waals surface area (Å²) in [5, 5.41) is 0. The second-order valence-electron chi connectivity index (χ2n) is 3.72. The molecule has 0 rings (SSSR count). The highest BCUT2D eigenvalue weighted by atomic mass is 14.7. The average molecular weight is 216 g/mol. The SMILES string of the molecule is C#C/N=C\C(C)(/C=C\C/C=C\C=N/C)CC. The molecular formula is C14H20N2. The molecule has 0 fully saturated rings. The van der Waals surface area contributed by atoms with Crippen molar-refractivity contribution < 1.29 is 0 Å². The fraction of sp³-hybridized carbons (Fsp3) is 0.429. The predicted octanol–water partition coefficient (Wildman–Crippen LogP) is 3.27. The first-order valence-corrected chi connectivity index (χ1v) is 5.43. The summed E-state index contributed by atoms with van der Waals surface area (Å²) in [6.07, 6.45) is 18.8. The molecule has 2 heteroatoms. The molecule has 1 unspecified atom stereocenters. The predicted molar refractivity (Wildman–Crippen MR) is 73.0 cm³/mol. The van der Waals surface area contributed by atoms with Crippen molar-refractivity contribution in [3.05, 3.63) is 24.3 Å². The molecule has 0 N–H and O–H groups in total. The first kappa shape index (κ1) is 14.4. The maximum absolute atomic E-state index is 5.10. The molecule has 2 nitrogen and oxygen atoms in total. The van der Waals surface area contributed by atoms with Gasteiger partial charge in [0.2, 0.25) is 0 Å². The Kier molecular flexibility index (Phi) is 7.79. The van der Waals surface area contributed by atoms with E-state index >= 15 is 0 Å². The minimum absolute atomic E-state index is 0.0426. The Hall–Kier alpha value is -1.62. The molecule has 16 heavy (non-hydrogen) atoms. The van der Waals surface area contributed by atoms with Crippen LogP contribution in [-0.2, 0) is 0 Å². The first-order valence-electron chi connectivity index (χ1n) is 5.43. The molecule has 0 amide bonds. The van der Waals surface area contributed by atoms with Crippen LogP contribution in [0.5, 0.6) is 0 Å². The molecule has 1 atom stereocenters. The Balaban J connectivity index is 4.27. The fourth-order valence-corrected chi connectivity index (χ4v) is 1.08. The second kappa shape index (κ2) is 8.67. The van der Waals surface area contributed by atoms with Crippen LogP contribution >= 0.6 is 0 Å². The summed E-state index contributed by atoms with van der Waals surface area (Å²) in [4.78, 5) is 7.71. The van der Waals surface area contributed by atoms with Gasteiger partial charge in [-0.2, -0.15) is 0 Å². The molecule has 0 aromatic rings. The van der Waals surface area contributed by atoms with Crippen molar-refractivity contribution in [3.8, 4) is 12.5 Å². The summed E-state index contributed by atoms with van der Waals surface area (Å²) >= 11 is 0. The number of hydrogen-bond donors (Lipinski definition) is 0. The third kappa shape index (κ3) is 6.78. The van der Waals surface area contributed by atoms with Crippen LogP contribution in [-0.4, -0.2) is 19.5 Å². The second-order valence-corrected chi connectivity index (χ2v) is 3.72. The monoisotopic (exact) mass is 216 g/mol. The Bertz CT molecular complexity index is 329. The third-order valence-corrected chi connectivity index (χ3v) is 2.34. The number of hydrogen-bond acceptors (Lipinski definition) is 2. The van der Waals surface area contributed by atoms with E-state index in [0.29, 0.717) is 0 Å². The van der Waals surface area contributed by atoms with Gasteiger partial charge in [0.1, 0.15) is 0 Å². The largest absolute Gasteiger partial charge is 0.297 e. The maximum atomic E-state index is 5.10. The quantitative estimate of drug-likeness (QED) is 0.370. The summed E-state index contributed by atoms with van der Waals surface area (Å²) in [5.74, 6) is 0. The molecule has 0 saturated carbocycles. The van der Waals surface area contributed by atoms with E-state index in [-0.39, 0.29) is 5.41 Å². The lowest BCUT2D eigenvalue weighted by Gasteiger charge is -2.17. The van der Waals surface area contributed by atoms with E-state index in [1.54, 1.807) is 13.3 Å². The van der Waals surface area contributed by atoms with Crippen LogP contribution < -0.4 is 0 Å². The van der Waals surface area contributed by atoms with E-state index in [4.69, 9.17) is 6.42 Å². The minimum Gasteiger partial charge on any atom is -0.297 e. The van der Waals surface area contributed by atoms with Gasteiger partial charge < -0.3 is 0 Å². The molecule has 0 aliphatic heterocycles. The van der Waals surface area contributed by atoms with Crippen LogP contribution in [0, 0.1) is 17.9 Å². The molecule has 0 saturated heterocycles. The zero-order valence-electron chi connectivity index (χ0n) is 10.4. The number of rotatable bonds is 6. The summed E-state index contributed by atoms with van der Waals surface area (Å²) in [5.41, 5.74) is -0.0426. The highest BCUT2D eigenvalue weighted by molar-refractivity contribution is 5.71. The van der Waals surface area contributed by atoms with Gasteiger partial charge in [0.25, 0.3) is 0 Å². The zero-order valence-corrected chi connectivity index (χ0v) is 10.4. The summed E-state index contributed by atoms with van der Waals surface area (Å²) in [6, 6.07) is 2.28. The normalized spacial score (nSPS) is 16.4. The Morgan fingerprint density at radius 2 is 2.12 bits per heavy atom. The first-order chi connectivity index (χ1) is 7.68. The van der Waals surface area contributed by atoms with E-state index in [0.717, 1.165) is 12.8 Å². The van der Waals surface area contributed by atoms with Crippen LogP contribution in [0.1, 0.15) is 26.7 Å². The van der Waals surface area contributed by atoms with E-state index in [9.17, 15) is 0 Å². The zero-order chi connectivity index (χ0) is 12.3. The summed E-state index contributed by atoms with van der Waals surface area (Å²) in [7, 11) is 1.75. The van der Waals surface area contributed by atoms with Gasteiger partial charge in [0, 0.05) is 30.9 Å². The smallest absolute Gasteiger partial charge is 0.0298 e. The number of aliphatic imine (C=N–C) groups is 2. The molecule has 86 valence electrons. The van der Waals surface area contributed by atoms with Crippen molar-refractivity contribution in [1.29, 1.82) is 0 Å². The number of allylic oxidation sites excluding steroid dienone is 4. The van der Waals surface area contributed by atoms with Crippen LogP contribution in [0.4, 0.5) is 0 Å². The average Bonchev–Trinajstić information content (AvgIpc) is 2.31. The van der Waals surface area contributed by atoms with Crippen molar-refractivity contribution in [2.45, 2.75) is 26.7 Å². The van der Waals surface area contributed by atoms with E-state index in [1.807, 2.05) is 12.3 Å². The third-order valence-electron chi connectivity index (χ3n) is 2.34. The Labute approximate surface area is 98.9 Å². The fourth-order valence-electron chi connectivity index (χ4n) is 1.08. The lowest BCUT2D eigenvalue weighted by molar-refractivity contribution is 0.585. The van der Waals surface area contributed by atoms with Gasteiger partial charge >= 0.3 is 0 Å². The van der Waals surface area contributed by atoms with Crippen molar-refractivity contribution in [2.75, 3.05) is 7.05 Å². The van der Waals surface area contributed by atoms with E-state index in [1.165, 1.54) is 0 Å². The molecule has 0 aliphatic carbocycles. The highest BCUT2D eigenvalue weighted by Gasteiger charge is 2.14. The van der Waals surface area contributed by atoms with Gasteiger partial charge in [-0.05, 0) is 18.9 Å². The Morgan fingerprint density at radius 3 is 2.69 bits per heavy atom. The van der Waals surface area contributed by atoms with Crippen LogP contribution in [0.3, 0.4) is 0 Å². The van der Waals surface area contributed by atoms with Gasteiger partial charge in [0.05, 0.1) is 0 Å². The highest BCUT2D eigenvalue weighted by Crippen LogP contribution is 2.20. The topological polar surface area (TPSA) is 24.7 Å². The minimum atomic E-state index is -0.0426. The van der Waals surface area contributed by atoms with Crippen molar-refractivity contribution in [3.63, 3.8) is 0 Å². The van der Waals surface area contributed by atoms with Crippen LogP contribution in [0.15, 0.2) is 34.3 Å². The molecule has 0 heterocycles. The molecule has 0 bridgehead atoms. The standard InChI is InChI=1S/C14H20N2/c1-5-14(3,13-16-6-2)11-9-7-8-10-12-15-4/h2,8-13H,5,7H2,1,3-4H3/b10-8-,11-9-,15-12-,16-13-.